The lowest BCUT2D eigenvalue weighted by atomic mass is 10.3. The van der Waals surface area contributed by atoms with E-state index in [0.29, 0.717) is 0 Å². The molecular weight excluding hydrogens is 284 g/mol. The standard InChI is InChI=1S/C12H18N2O5S/c1-3-14(4-2)7-5-6-11(10-13)12(15)19-8-9-20(16,17)18/h5-7H,3-4,8-9H2,1-2H3,(H,16,17,18). The van der Waals surface area contributed by atoms with Crippen LogP contribution < -0.4 is 0 Å². The average Bonchev–Trinajstić information content (AvgIpc) is 2.37. The molecular formula is C12H18N2O5S. The molecule has 0 saturated heterocycles. The summed E-state index contributed by atoms with van der Waals surface area (Å²) >= 11 is 0. The van der Waals surface area contributed by atoms with Gasteiger partial charge in [-0.15, -0.1) is 0 Å². The van der Waals surface area contributed by atoms with Gasteiger partial charge in [0.25, 0.3) is 10.1 Å². The summed E-state index contributed by atoms with van der Waals surface area (Å²) in [6, 6.07) is 1.66. The first kappa shape index (κ1) is 18.1. The minimum atomic E-state index is -4.19. The number of hydrogen-bond donors (Lipinski definition) is 1. The van der Waals surface area contributed by atoms with E-state index < -0.39 is 28.4 Å². The Hall–Kier alpha value is -1.85. The predicted molar refractivity (Wildman–Crippen MR) is 73.1 cm³/mol. The quantitative estimate of drug-likeness (QED) is 0.231. The van der Waals surface area contributed by atoms with Crippen molar-refractivity contribution in [2.45, 2.75) is 13.8 Å². The molecule has 0 saturated carbocycles. The fourth-order valence-corrected chi connectivity index (χ4v) is 1.46. The van der Waals surface area contributed by atoms with Gasteiger partial charge in [0.2, 0.25) is 0 Å². The molecule has 0 aliphatic rings. The van der Waals surface area contributed by atoms with E-state index in [2.05, 4.69) is 4.74 Å². The first-order valence-corrected chi connectivity index (χ1v) is 7.59. The molecule has 112 valence electrons. The van der Waals surface area contributed by atoms with E-state index in [1.807, 2.05) is 18.7 Å². The number of carbonyl (C=O) groups is 1. The Labute approximate surface area is 118 Å². The van der Waals surface area contributed by atoms with Gasteiger partial charge >= 0.3 is 5.97 Å². The van der Waals surface area contributed by atoms with Gasteiger partial charge in [0.05, 0.1) is 0 Å². The fraction of sp³-hybridized carbons (Fsp3) is 0.500. The zero-order chi connectivity index (χ0) is 15.6. The zero-order valence-corrected chi connectivity index (χ0v) is 12.3. The van der Waals surface area contributed by atoms with Crippen molar-refractivity contribution in [2.75, 3.05) is 25.4 Å². The Morgan fingerprint density at radius 3 is 2.45 bits per heavy atom. The van der Waals surface area contributed by atoms with Crippen molar-refractivity contribution < 1.29 is 22.5 Å². The van der Waals surface area contributed by atoms with E-state index in [-0.39, 0.29) is 5.57 Å². The summed E-state index contributed by atoms with van der Waals surface area (Å²) < 4.78 is 33.9. The third-order valence-corrected chi connectivity index (χ3v) is 2.97. The highest BCUT2D eigenvalue weighted by atomic mass is 32.2. The number of nitrogens with zero attached hydrogens (tertiary/aromatic N) is 2. The predicted octanol–water partition coefficient (Wildman–Crippen LogP) is 0.723. The molecule has 0 radical (unpaired) electrons. The van der Waals surface area contributed by atoms with Crippen molar-refractivity contribution in [3.8, 4) is 6.07 Å². The summed E-state index contributed by atoms with van der Waals surface area (Å²) in [4.78, 5) is 13.4. The van der Waals surface area contributed by atoms with Crippen LogP contribution in [0.25, 0.3) is 0 Å². The monoisotopic (exact) mass is 302 g/mol. The summed E-state index contributed by atoms with van der Waals surface area (Å²) in [5.41, 5.74) is -0.247. The second-order valence-electron chi connectivity index (χ2n) is 3.68. The van der Waals surface area contributed by atoms with E-state index in [4.69, 9.17) is 9.81 Å². The largest absolute Gasteiger partial charge is 0.460 e. The number of rotatable bonds is 8. The minimum Gasteiger partial charge on any atom is -0.460 e. The van der Waals surface area contributed by atoms with Crippen LogP contribution in [-0.4, -0.2) is 49.3 Å². The van der Waals surface area contributed by atoms with Gasteiger partial charge in [-0.2, -0.15) is 13.7 Å². The molecule has 0 heterocycles. The van der Waals surface area contributed by atoms with Gasteiger partial charge < -0.3 is 9.64 Å². The van der Waals surface area contributed by atoms with E-state index in [1.54, 1.807) is 12.3 Å². The Balaban J connectivity index is 4.52. The maximum Gasteiger partial charge on any atom is 0.348 e. The van der Waals surface area contributed by atoms with Gasteiger partial charge in [-0.25, -0.2) is 4.79 Å². The van der Waals surface area contributed by atoms with Gasteiger partial charge in [0, 0.05) is 13.1 Å². The minimum absolute atomic E-state index is 0.247. The highest BCUT2D eigenvalue weighted by molar-refractivity contribution is 7.85. The maximum absolute atomic E-state index is 11.4. The van der Waals surface area contributed by atoms with Crippen LogP contribution in [0.15, 0.2) is 23.9 Å². The normalized spacial score (nSPS) is 12.2. The fourth-order valence-electron chi connectivity index (χ4n) is 1.16. The van der Waals surface area contributed by atoms with Crippen LogP contribution in [-0.2, 0) is 19.6 Å². The second-order valence-corrected chi connectivity index (χ2v) is 5.25. The van der Waals surface area contributed by atoms with Crippen LogP contribution in [0, 0.1) is 11.3 Å². The summed E-state index contributed by atoms with van der Waals surface area (Å²) in [6.07, 6.45) is 4.55. The van der Waals surface area contributed by atoms with Gasteiger partial charge in [0.1, 0.15) is 24.0 Å². The molecule has 0 rings (SSSR count). The summed E-state index contributed by atoms with van der Waals surface area (Å²) in [5.74, 6) is -1.63. The van der Waals surface area contributed by atoms with Crippen molar-refractivity contribution in [2.24, 2.45) is 0 Å². The lowest BCUT2D eigenvalue weighted by Gasteiger charge is -2.13. The Kier molecular flexibility index (Phi) is 8.27. The first-order valence-electron chi connectivity index (χ1n) is 5.99. The second kappa shape index (κ2) is 9.12. The highest BCUT2D eigenvalue weighted by Crippen LogP contribution is 1.99. The average molecular weight is 302 g/mol. The lowest BCUT2D eigenvalue weighted by Crippen LogP contribution is -2.16. The molecule has 0 aliphatic carbocycles. The van der Waals surface area contributed by atoms with E-state index in [9.17, 15) is 13.2 Å². The first-order chi connectivity index (χ1) is 9.34. The molecule has 0 unspecified atom stereocenters. The van der Waals surface area contributed by atoms with Crippen LogP contribution in [0.2, 0.25) is 0 Å². The molecule has 8 heteroatoms. The van der Waals surface area contributed by atoms with Crippen LogP contribution in [0.1, 0.15) is 13.8 Å². The molecule has 20 heavy (non-hydrogen) atoms. The van der Waals surface area contributed by atoms with Crippen molar-refractivity contribution in [3.63, 3.8) is 0 Å². The molecule has 0 spiro atoms. The summed E-state index contributed by atoms with van der Waals surface area (Å²) in [5, 5.41) is 8.80. The molecule has 0 fully saturated rings. The number of hydrogen-bond acceptors (Lipinski definition) is 6. The van der Waals surface area contributed by atoms with Gasteiger partial charge in [0.15, 0.2) is 0 Å². The topological polar surface area (TPSA) is 108 Å². The third kappa shape index (κ3) is 8.29. The molecule has 0 amide bonds. The molecule has 0 aromatic rings. The van der Waals surface area contributed by atoms with Crippen molar-refractivity contribution in [1.29, 1.82) is 5.26 Å². The van der Waals surface area contributed by atoms with Crippen LogP contribution in [0.4, 0.5) is 0 Å². The number of carbonyl (C=O) groups excluding carboxylic acids is 1. The van der Waals surface area contributed by atoms with E-state index in [0.717, 1.165) is 13.1 Å². The number of allylic oxidation sites excluding steroid dienone is 2. The Morgan fingerprint density at radius 2 is 2.00 bits per heavy atom. The number of nitriles is 1. The molecule has 0 atom stereocenters. The molecule has 0 aromatic carbocycles. The SMILES string of the molecule is CCN(C=CC=C(C#N)C(=O)OCCS(=O)(=O)O)CC. The Bertz CT molecular complexity index is 512. The Morgan fingerprint density at radius 1 is 1.40 bits per heavy atom. The molecule has 1 N–H and O–H groups in total. The van der Waals surface area contributed by atoms with Crippen LogP contribution in [0.5, 0.6) is 0 Å². The number of esters is 1. The van der Waals surface area contributed by atoms with Gasteiger partial charge in [-0.3, -0.25) is 4.55 Å². The molecule has 7 nitrogen and oxygen atoms in total. The maximum atomic E-state index is 11.4. The highest BCUT2D eigenvalue weighted by Gasteiger charge is 2.12. The van der Waals surface area contributed by atoms with Crippen LogP contribution in [0.3, 0.4) is 0 Å². The van der Waals surface area contributed by atoms with E-state index >= 15 is 0 Å². The molecule has 0 aromatic heterocycles. The third-order valence-electron chi connectivity index (χ3n) is 2.29. The zero-order valence-electron chi connectivity index (χ0n) is 11.4. The summed E-state index contributed by atoms with van der Waals surface area (Å²) in [6.45, 7) is 5.01. The number of ether oxygens (including phenoxy) is 1. The van der Waals surface area contributed by atoms with Crippen molar-refractivity contribution in [1.82, 2.24) is 4.90 Å². The van der Waals surface area contributed by atoms with Crippen LogP contribution >= 0.6 is 0 Å². The smallest absolute Gasteiger partial charge is 0.348 e. The van der Waals surface area contributed by atoms with E-state index in [1.165, 1.54) is 12.2 Å². The molecule has 0 aliphatic heterocycles. The lowest BCUT2D eigenvalue weighted by molar-refractivity contribution is -0.137. The van der Waals surface area contributed by atoms with Gasteiger partial charge in [-0.1, -0.05) is 0 Å². The summed E-state index contributed by atoms with van der Waals surface area (Å²) in [7, 11) is -4.19. The molecule has 0 bridgehead atoms. The van der Waals surface area contributed by atoms with Crippen molar-refractivity contribution in [3.05, 3.63) is 23.9 Å². The van der Waals surface area contributed by atoms with Gasteiger partial charge in [-0.05, 0) is 32.2 Å². The van der Waals surface area contributed by atoms with Crippen molar-refractivity contribution >= 4 is 16.1 Å².